The number of carbonyl (C=O) groups is 3. The molecule has 0 saturated heterocycles. The van der Waals surface area contributed by atoms with E-state index < -0.39 is 6.10 Å². The highest BCUT2D eigenvalue weighted by atomic mass is 16.5. The average Bonchev–Trinajstić information content (AvgIpc) is 3.35. The highest BCUT2D eigenvalue weighted by Gasteiger charge is 2.42. The van der Waals surface area contributed by atoms with E-state index in [0.29, 0.717) is 29.3 Å². The first-order chi connectivity index (χ1) is 14.4. The second-order valence-electron chi connectivity index (χ2n) is 9.24. The normalized spacial score (nSPS) is 28.1. The van der Waals surface area contributed by atoms with Gasteiger partial charge in [-0.1, -0.05) is 13.3 Å². The number of ketones is 1. The standard InChI is InChI=1S/C24H32N2O4/c1-4-5-21(27)18-8-9-22-20(12-18)26(24(29)15(3)30-22)13-23(28)25-14(2)19-11-16-6-7-17(19)10-16/h8-9,12,14-17,19H,4-7,10-11,13H2,1-3H3,(H,25,28). The van der Waals surface area contributed by atoms with E-state index in [1.807, 2.05) is 6.92 Å². The molecule has 0 aromatic heterocycles. The third-order valence-electron chi connectivity index (χ3n) is 7.09. The lowest BCUT2D eigenvalue weighted by molar-refractivity contribution is -0.128. The van der Waals surface area contributed by atoms with E-state index in [9.17, 15) is 14.4 Å². The largest absolute Gasteiger partial charge is 0.479 e. The summed E-state index contributed by atoms with van der Waals surface area (Å²) >= 11 is 0. The highest BCUT2D eigenvalue weighted by Crippen LogP contribution is 2.49. The third-order valence-corrected chi connectivity index (χ3v) is 7.09. The fourth-order valence-corrected chi connectivity index (χ4v) is 5.57. The molecule has 30 heavy (non-hydrogen) atoms. The first kappa shape index (κ1) is 20.9. The molecule has 1 aromatic rings. The molecule has 2 bridgehead atoms. The molecule has 0 spiro atoms. The lowest BCUT2D eigenvalue weighted by atomic mass is 9.84. The Morgan fingerprint density at radius 2 is 2.07 bits per heavy atom. The number of nitrogens with zero attached hydrogens (tertiary/aromatic N) is 1. The second-order valence-corrected chi connectivity index (χ2v) is 9.24. The molecule has 3 aliphatic rings. The number of fused-ring (bicyclic) bond motifs is 3. The highest BCUT2D eigenvalue weighted by molar-refractivity contribution is 6.05. The second kappa shape index (κ2) is 8.40. The van der Waals surface area contributed by atoms with Crippen molar-refractivity contribution >= 4 is 23.3 Å². The summed E-state index contributed by atoms with van der Waals surface area (Å²) in [7, 11) is 0. The zero-order chi connectivity index (χ0) is 21.4. The molecule has 6 heteroatoms. The lowest BCUT2D eigenvalue weighted by Gasteiger charge is -2.34. The number of benzene rings is 1. The molecular weight excluding hydrogens is 380 g/mol. The van der Waals surface area contributed by atoms with Crippen LogP contribution in [0.15, 0.2) is 18.2 Å². The van der Waals surface area contributed by atoms with Gasteiger partial charge in [0.05, 0.1) is 5.69 Å². The van der Waals surface area contributed by atoms with E-state index in [-0.39, 0.29) is 30.2 Å². The topological polar surface area (TPSA) is 75.7 Å². The zero-order valence-corrected chi connectivity index (χ0v) is 18.1. The molecule has 2 saturated carbocycles. The van der Waals surface area contributed by atoms with E-state index in [4.69, 9.17) is 4.74 Å². The van der Waals surface area contributed by atoms with Gasteiger partial charge in [-0.15, -0.1) is 0 Å². The van der Waals surface area contributed by atoms with Crippen LogP contribution in [0, 0.1) is 17.8 Å². The SMILES string of the molecule is CCCC(=O)c1ccc2c(c1)N(CC(=O)NC(C)C1CC3CCC1C3)C(=O)C(C)O2. The average molecular weight is 413 g/mol. The van der Waals surface area contributed by atoms with Crippen LogP contribution in [0.4, 0.5) is 5.69 Å². The third kappa shape index (κ3) is 3.96. The van der Waals surface area contributed by atoms with Crippen molar-refractivity contribution < 1.29 is 19.1 Å². The van der Waals surface area contributed by atoms with Gasteiger partial charge in [0, 0.05) is 18.0 Å². The van der Waals surface area contributed by atoms with Gasteiger partial charge in [0.25, 0.3) is 5.91 Å². The molecule has 2 aliphatic carbocycles. The Labute approximate surface area is 178 Å². The summed E-state index contributed by atoms with van der Waals surface area (Å²) in [5.74, 6) is 2.23. The van der Waals surface area contributed by atoms with Crippen molar-refractivity contribution in [3.8, 4) is 5.75 Å². The van der Waals surface area contributed by atoms with E-state index in [1.54, 1.807) is 25.1 Å². The van der Waals surface area contributed by atoms with Crippen LogP contribution in [0.25, 0.3) is 0 Å². The lowest BCUT2D eigenvalue weighted by Crippen LogP contribution is -2.51. The smallest absolute Gasteiger partial charge is 0.268 e. The van der Waals surface area contributed by atoms with Gasteiger partial charge in [0.15, 0.2) is 11.9 Å². The number of carbonyl (C=O) groups excluding carboxylic acids is 3. The fourth-order valence-electron chi connectivity index (χ4n) is 5.57. The van der Waals surface area contributed by atoms with E-state index in [0.717, 1.165) is 18.3 Å². The number of anilines is 1. The summed E-state index contributed by atoms with van der Waals surface area (Å²) in [6, 6.07) is 5.25. The summed E-state index contributed by atoms with van der Waals surface area (Å²) in [6.45, 7) is 5.67. The molecular formula is C24H32N2O4. The Morgan fingerprint density at radius 1 is 1.27 bits per heavy atom. The molecule has 1 N–H and O–H groups in total. The zero-order valence-electron chi connectivity index (χ0n) is 18.1. The molecule has 1 aromatic carbocycles. The van der Waals surface area contributed by atoms with Crippen molar-refractivity contribution in [3.05, 3.63) is 23.8 Å². The molecule has 162 valence electrons. The van der Waals surface area contributed by atoms with Gasteiger partial charge in [0.1, 0.15) is 12.3 Å². The Morgan fingerprint density at radius 3 is 2.73 bits per heavy atom. The first-order valence-electron chi connectivity index (χ1n) is 11.3. The Balaban J connectivity index is 1.48. The fraction of sp³-hybridized carbons (Fsp3) is 0.625. The predicted octanol–water partition coefficient (Wildman–Crippen LogP) is 3.72. The summed E-state index contributed by atoms with van der Waals surface area (Å²) in [4.78, 5) is 39.5. The molecule has 4 rings (SSSR count). The van der Waals surface area contributed by atoms with Gasteiger partial charge < -0.3 is 10.1 Å². The minimum atomic E-state index is -0.662. The van der Waals surface area contributed by atoms with Gasteiger partial charge in [-0.3, -0.25) is 19.3 Å². The summed E-state index contributed by atoms with van der Waals surface area (Å²) in [5, 5.41) is 3.14. The summed E-state index contributed by atoms with van der Waals surface area (Å²) < 4.78 is 5.71. The molecule has 1 aliphatic heterocycles. The molecule has 5 atom stereocenters. The minimum absolute atomic E-state index is 0.0284. The van der Waals surface area contributed by atoms with Gasteiger partial charge in [0.2, 0.25) is 5.91 Å². The van der Waals surface area contributed by atoms with Crippen LogP contribution < -0.4 is 15.0 Å². The van der Waals surface area contributed by atoms with Crippen molar-refractivity contribution in [2.24, 2.45) is 17.8 Å². The molecule has 0 radical (unpaired) electrons. The number of nitrogens with one attached hydrogen (secondary N) is 1. The summed E-state index contributed by atoms with van der Waals surface area (Å²) in [5.41, 5.74) is 1.05. The van der Waals surface area contributed by atoms with Crippen molar-refractivity contribution in [1.82, 2.24) is 5.32 Å². The Bertz CT molecular complexity index is 852. The van der Waals surface area contributed by atoms with Gasteiger partial charge >= 0.3 is 0 Å². The number of ether oxygens (including phenoxy) is 1. The molecule has 1 heterocycles. The Kier molecular flexibility index (Phi) is 5.85. The quantitative estimate of drug-likeness (QED) is 0.693. The number of Topliss-reactive ketones (excluding diaryl/α,β-unsaturated/α-hetero) is 1. The van der Waals surface area contributed by atoms with Gasteiger partial charge in [-0.2, -0.15) is 0 Å². The Hall–Kier alpha value is -2.37. The molecule has 2 amide bonds. The van der Waals surface area contributed by atoms with Crippen LogP contribution in [-0.2, 0) is 9.59 Å². The van der Waals surface area contributed by atoms with Crippen LogP contribution in [-0.4, -0.2) is 36.3 Å². The van der Waals surface area contributed by atoms with E-state index in [1.165, 1.54) is 30.6 Å². The van der Waals surface area contributed by atoms with Crippen molar-refractivity contribution in [2.45, 2.75) is 71.4 Å². The molecule has 2 fully saturated rings. The number of hydrogen-bond acceptors (Lipinski definition) is 4. The van der Waals surface area contributed by atoms with Crippen molar-refractivity contribution in [1.29, 1.82) is 0 Å². The maximum Gasteiger partial charge on any atom is 0.268 e. The van der Waals surface area contributed by atoms with E-state index in [2.05, 4.69) is 12.2 Å². The predicted molar refractivity (Wildman–Crippen MR) is 115 cm³/mol. The maximum atomic E-state index is 12.9. The maximum absolute atomic E-state index is 12.9. The van der Waals surface area contributed by atoms with Gasteiger partial charge in [-0.25, -0.2) is 0 Å². The molecule has 5 unspecified atom stereocenters. The number of hydrogen-bond donors (Lipinski definition) is 1. The van der Waals surface area contributed by atoms with Gasteiger partial charge in [-0.05, 0) is 75.5 Å². The van der Waals surface area contributed by atoms with Crippen LogP contribution in [0.5, 0.6) is 5.75 Å². The first-order valence-corrected chi connectivity index (χ1v) is 11.3. The summed E-state index contributed by atoms with van der Waals surface area (Å²) in [6.07, 6.45) is 5.65. The van der Waals surface area contributed by atoms with Crippen molar-refractivity contribution in [3.63, 3.8) is 0 Å². The number of rotatable bonds is 7. The minimum Gasteiger partial charge on any atom is -0.479 e. The van der Waals surface area contributed by atoms with E-state index >= 15 is 0 Å². The molecule has 6 nitrogen and oxygen atoms in total. The van der Waals surface area contributed by atoms with Crippen molar-refractivity contribution in [2.75, 3.05) is 11.4 Å². The van der Waals surface area contributed by atoms with Crippen LogP contribution in [0.2, 0.25) is 0 Å². The van der Waals surface area contributed by atoms with Crippen LogP contribution in [0.1, 0.15) is 69.7 Å². The van der Waals surface area contributed by atoms with Crippen LogP contribution in [0.3, 0.4) is 0 Å². The number of amides is 2. The van der Waals surface area contributed by atoms with Crippen LogP contribution >= 0.6 is 0 Å². The monoisotopic (exact) mass is 412 g/mol.